The van der Waals surface area contributed by atoms with Crippen molar-refractivity contribution >= 4 is 5.97 Å². The third kappa shape index (κ3) is 1.76. The molecule has 0 atom stereocenters. The molecule has 1 aliphatic carbocycles. The summed E-state index contributed by atoms with van der Waals surface area (Å²) in [5.74, 6) is -1.00. The molecule has 1 fully saturated rings. The number of carboxylic acids is 1. The van der Waals surface area contributed by atoms with Crippen molar-refractivity contribution in [1.82, 2.24) is 0 Å². The molecular formula is C8H14NO3-. The van der Waals surface area contributed by atoms with Crippen LogP contribution in [0.3, 0.4) is 0 Å². The van der Waals surface area contributed by atoms with E-state index < -0.39 is 11.5 Å². The summed E-state index contributed by atoms with van der Waals surface area (Å²) in [5, 5.41) is 8.73. The summed E-state index contributed by atoms with van der Waals surface area (Å²) in [5.41, 5.74) is 6.33. The van der Waals surface area contributed by atoms with Crippen LogP contribution in [-0.4, -0.2) is 29.8 Å². The van der Waals surface area contributed by atoms with E-state index in [0.29, 0.717) is 25.7 Å². The monoisotopic (exact) mass is 172 g/mol. The number of methoxy groups -OCH3 is 1. The number of aliphatic carboxylic acids is 1. The van der Waals surface area contributed by atoms with E-state index in [-0.39, 0.29) is 6.10 Å². The summed E-state index contributed by atoms with van der Waals surface area (Å²) < 4.78 is 5.09. The minimum Gasteiger partial charge on any atom is -0.663 e. The van der Waals surface area contributed by atoms with E-state index in [1.807, 2.05) is 0 Å². The zero-order chi connectivity index (χ0) is 9.19. The minimum atomic E-state index is -1.25. The van der Waals surface area contributed by atoms with Crippen LogP contribution in [0.4, 0.5) is 0 Å². The predicted octanol–water partition coefficient (Wildman–Crippen LogP) is 1.45. The summed E-state index contributed by atoms with van der Waals surface area (Å²) in [6.45, 7) is 0. The number of rotatable bonds is 2. The molecule has 0 heterocycles. The number of ether oxygens (including phenoxy) is 1. The summed E-state index contributed by atoms with van der Waals surface area (Å²) in [7, 11) is 1.63. The highest BCUT2D eigenvalue weighted by molar-refractivity contribution is 5.80. The smallest absolute Gasteiger partial charge is 0.288 e. The van der Waals surface area contributed by atoms with Gasteiger partial charge in [-0.1, -0.05) is 12.8 Å². The molecule has 12 heavy (non-hydrogen) atoms. The Bertz CT molecular complexity index is 173. The van der Waals surface area contributed by atoms with Gasteiger partial charge in [-0.15, -0.1) is 0 Å². The first-order chi connectivity index (χ1) is 5.58. The zero-order valence-corrected chi connectivity index (χ0v) is 7.17. The van der Waals surface area contributed by atoms with Gasteiger partial charge in [0.1, 0.15) is 0 Å². The molecule has 1 saturated carbocycles. The van der Waals surface area contributed by atoms with Crippen molar-refractivity contribution in [2.45, 2.75) is 37.3 Å². The molecule has 0 saturated heterocycles. The van der Waals surface area contributed by atoms with Crippen LogP contribution in [0.5, 0.6) is 0 Å². The standard InChI is InChI=1S/C8H14NO3/c1-12-6-2-4-8(9,5-3-6)7(10)11/h6,9H,2-5H2,1H3,(H,10,11)/q-1. The fourth-order valence-electron chi connectivity index (χ4n) is 1.53. The third-order valence-corrected chi connectivity index (χ3v) is 2.53. The van der Waals surface area contributed by atoms with Gasteiger partial charge >= 0.3 is 0 Å². The molecule has 0 aromatic carbocycles. The van der Waals surface area contributed by atoms with Gasteiger partial charge in [-0.05, 0) is 18.4 Å². The molecule has 0 aromatic heterocycles. The lowest BCUT2D eigenvalue weighted by atomic mass is 9.81. The van der Waals surface area contributed by atoms with E-state index in [4.69, 9.17) is 15.6 Å². The van der Waals surface area contributed by atoms with Crippen LogP contribution < -0.4 is 0 Å². The lowest BCUT2D eigenvalue weighted by Gasteiger charge is -2.40. The maximum atomic E-state index is 10.6. The van der Waals surface area contributed by atoms with Gasteiger partial charge in [0.25, 0.3) is 5.97 Å². The van der Waals surface area contributed by atoms with Crippen LogP contribution in [-0.2, 0) is 9.53 Å². The molecule has 0 radical (unpaired) electrons. The third-order valence-electron chi connectivity index (χ3n) is 2.53. The van der Waals surface area contributed by atoms with E-state index in [1.54, 1.807) is 7.11 Å². The molecule has 0 aliphatic heterocycles. The van der Waals surface area contributed by atoms with Crippen LogP contribution in [0.1, 0.15) is 25.7 Å². The van der Waals surface area contributed by atoms with Gasteiger partial charge in [-0.2, -0.15) is 0 Å². The summed E-state index contributed by atoms with van der Waals surface area (Å²) in [6, 6.07) is 0. The zero-order valence-electron chi connectivity index (χ0n) is 7.17. The van der Waals surface area contributed by atoms with Crippen LogP contribution in [0.25, 0.3) is 5.73 Å². The highest BCUT2D eigenvalue weighted by Gasteiger charge is 2.31. The van der Waals surface area contributed by atoms with E-state index in [2.05, 4.69) is 0 Å². The molecule has 4 heteroatoms. The van der Waals surface area contributed by atoms with E-state index in [1.165, 1.54) is 0 Å². The largest absolute Gasteiger partial charge is 0.663 e. The van der Waals surface area contributed by atoms with E-state index >= 15 is 0 Å². The van der Waals surface area contributed by atoms with Gasteiger partial charge in [0.15, 0.2) is 0 Å². The Morgan fingerprint density at radius 2 is 2.08 bits per heavy atom. The average Bonchev–Trinajstić information content (AvgIpc) is 2.06. The fraction of sp³-hybridized carbons (Fsp3) is 0.875. The maximum absolute atomic E-state index is 10.6. The molecule has 2 N–H and O–H groups in total. The second-order valence-corrected chi connectivity index (χ2v) is 3.32. The van der Waals surface area contributed by atoms with Crippen molar-refractivity contribution in [3.8, 4) is 0 Å². The lowest BCUT2D eigenvalue weighted by molar-refractivity contribution is -0.143. The molecule has 0 unspecified atom stereocenters. The number of carboxylic acid groups (broad SMARTS) is 1. The molecule has 0 amide bonds. The Morgan fingerprint density at radius 1 is 1.58 bits per heavy atom. The number of hydrogen-bond acceptors (Lipinski definition) is 2. The summed E-state index contributed by atoms with van der Waals surface area (Å²) >= 11 is 0. The topological polar surface area (TPSA) is 70.3 Å². The lowest BCUT2D eigenvalue weighted by Crippen LogP contribution is -2.40. The highest BCUT2D eigenvalue weighted by atomic mass is 16.5. The predicted molar refractivity (Wildman–Crippen MR) is 44.0 cm³/mol. The SMILES string of the molecule is COC1CCC([NH-])(C(=O)O)CC1. The van der Waals surface area contributed by atoms with Crippen molar-refractivity contribution in [2.75, 3.05) is 7.11 Å². The molecule has 4 nitrogen and oxygen atoms in total. The first-order valence-corrected chi connectivity index (χ1v) is 4.10. The summed E-state index contributed by atoms with van der Waals surface area (Å²) in [4.78, 5) is 10.6. The first-order valence-electron chi connectivity index (χ1n) is 4.10. The molecule has 70 valence electrons. The van der Waals surface area contributed by atoms with Gasteiger partial charge < -0.3 is 15.6 Å². The van der Waals surface area contributed by atoms with Gasteiger partial charge in [-0.25, -0.2) is 0 Å². The number of carbonyl (C=O) groups is 1. The highest BCUT2D eigenvalue weighted by Crippen LogP contribution is 2.32. The quantitative estimate of drug-likeness (QED) is 0.685. The minimum absolute atomic E-state index is 0.155. The summed E-state index contributed by atoms with van der Waals surface area (Å²) in [6.07, 6.45) is 2.34. The van der Waals surface area contributed by atoms with Crippen molar-refractivity contribution in [2.24, 2.45) is 0 Å². The Kier molecular flexibility index (Phi) is 2.69. The Hall–Kier alpha value is -0.610. The van der Waals surface area contributed by atoms with Crippen LogP contribution >= 0.6 is 0 Å². The van der Waals surface area contributed by atoms with E-state index in [9.17, 15) is 4.79 Å². The molecule has 1 aliphatic rings. The second kappa shape index (κ2) is 3.41. The fourth-order valence-corrected chi connectivity index (χ4v) is 1.53. The second-order valence-electron chi connectivity index (χ2n) is 3.32. The van der Waals surface area contributed by atoms with Gasteiger partial charge in [0.05, 0.1) is 6.10 Å². The Balaban J connectivity index is 2.49. The van der Waals surface area contributed by atoms with Crippen molar-refractivity contribution in [3.05, 3.63) is 5.73 Å². The normalized spacial score (nSPS) is 36.3. The maximum Gasteiger partial charge on any atom is 0.288 e. The van der Waals surface area contributed by atoms with Gasteiger partial charge in [-0.3, -0.25) is 4.79 Å². The molecule has 0 bridgehead atoms. The van der Waals surface area contributed by atoms with Gasteiger partial charge in [0.2, 0.25) is 0 Å². The Labute approximate surface area is 71.7 Å². The number of nitrogens with one attached hydrogen (secondary N) is 1. The average molecular weight is 172 g/mol. The number of hydrogen-bond donors (Lipinski definition) is 1. The van der Waals surface area contributed by atoms with Crippen LogP contribution in [0.15, 0.2) is 0 Å². The van der Waals surface area contributed by atoms with Crippen molar-refractivity contribution in [1.29, 1.82) is 0 Å². The van der Waals surface area contributed by atoms with Crippen molar-refractivity contribution < 1.29 is 14.6 Å². The van der Waals surface area contributed by atoms with Crippen molar-refractivity contribution in [3.63, 3.8) is 0 Å². The molecule has 0 spiro atoms. The Morgan fingerprint density at radius 3 is 2.42 bits per heavy atom. The van der Waals surface area contributed by atoms with Crippen LogP contribution in [0, 0.1) is 0 Å². The van der Waals surface area contributed by atoms with Gasteiger partial charge in [0, 0.05) is 7.11 Å². The molecule has 1 rings (SSSR count). The van der Waals surface area contributed by atoms with Crippen LogP contribution in [0.2, 0.25) is 0 Å². The molecular weight excluding hydrogens is 158 g/mol. The first kappa shape index (κ1) is 9.48. The van der Waals surface area contributed by atoms with E-state index in [0.717, 1.165) is 0 Å². The molecule has 0 aromatic rings.